The zero-order valence-corrected chi connectivity index (χ0v) is 29.4. The number of hydrogen-bond acceptors (Lipinski definition) is 2. The second-order valence-electron chi connectivity index (χ2n) is 13.3. The minimum atomic E-state index is -2.71. The molecule has 0 aliphatic carbocycles. The third-order valence-corrected chi connectivity index (χ3v) is 15.3. The summed E-state index contributed by atoms with van der Waals surface area (Å²) in [7, 11) is -2.71. The third kappa shape index (κ3) is 4.65. The summed E-state index contributed by atoms with van der Waals surface area (Å²) in [5, 5.41) is 7.86. The van der Waals surface area contributed by atoms with E-state index in [-0.39, 0.29) is 0 Å². The van der Waals surface area contributed by atoms with E-state index in [9.17, 15) is 0 Å². The molecule has 0 radical (unpaired) electrons. The van der Waals surface area contributed by atoms with Gasteiger partial charge in [0.1, 0.15) is 0 Å². The van der Waals surface area contributed by atoms with Crippen molar-refractivity contribution in [2.75, 3.05) is 4.90 Å². The molecule has 1 aromatic heterocycles. The van der Waals surface area contributed by atoms with Crippen LogP contribution in [0.1, 0.15) is 0 Å². The standard InChI is InChI=1S/C48H34N2OSi/c1-4-18-37(19-5-1)52(38-20-6-2-7-21-38,39-22-8-3-9-23-39)40-24-16-17-35(33-40)49-43-26-11-10-25-41(43)42-34-36(31-32-44(42)49)50-45-27-12-14-29-47(45)51-48-30-15-13-28-46(48)50/h1-34H. The van der Waals surface area contributed by atoms with Crippen LogP contribution in [0.5, 0.6) is 11.5 Å². The monoisotopic (exact) mass is 682 g/mol. The Morgan fingerprint density at radius 3 is 1.46 bits per heavy atom. The molecule has 4 heteroatoms. The molecule has 0 bridgehead atoms. The zero-order chi connectivity index (χ0) is 34.5. The molecule has 0 N–H and O–H groups in total. The van der Waals surface area contributed by atoms with Gasteiger partial charge in [-0.05, 0) is 81.4 Å². The fraction of sp³-hybridized carbons (Fsp3) is 0. The topological polar surface area (TPSA) is 17.4 Å². The molecule has 9 aromatic rings. The van der Waals surface area contributed by atoms with Gasteiger partial charge in [0.25, 0.3) is 0 Å². The maximum absolute atomic E-state index is 6.34. The largest absolute Gasteiger partial charge is 0.453 e. The summed E-state index contributed by atoms with van der Waals surface area (Å²) >= 11 is 0. The van der Waals surface area contributed by atoms with Crippen LogP contribution in [-0.4, -0.2) is 12.6 Å². The summed E-state index contributed by atoms with van der Waals surface area (Å²) in [6.45, 7) is 0. The molecule has 246 valence electrons. The van der Waals surface area contributed by atoms with Crippen molar-refractivity contribution in [1.29, 1.82) is 0 Å². The van der Waals surface area contributed by atoms with Crippen molar-refractivity contribution >= 4 is 67.7 Å². The van der Waals surface area contributed by atoms with Crippen LogP contribution < -0.4 is 30.4 Å². The van der Waals surface area contributed by atoms with Gasteiger partial charge in [0.15, 0.2) is 19.6 Å². The maximum atomic E-state index is 6.34. The molecule has 0 saturated heterocycles. The smallest absolute Gasteiger partial charge is 0.179 e. The lowest BCUT2D eigenvalue weighted by Gasteiger charge is -2.34. The summed E-state index contributed by atoms with van der Waals surface area (Å²) in [5.74, 6) is 1.70. The molecule has 2 heterocycles. The Hall–Kier alpha value is -6.62. The highest BCUT2D eigenvalue weighted by molar-refractivity contribution is 7.19. The van der Waals surface area contributed by atoms with Crippen LogP contribution in [0.3, 0.4) is 0 Å². The summed E-state index contributed by atoms with van der Waals surface area (Å²) < 4.78 is 8.78. The van der Waals surface area contributed by atoms with Gasteiger partial charge >= 0.3 is 0 Å². The highest BCUT2D eigenvalue weighted by atomic mass is 28.3. The number of anilines is 3. The molecule has 0 amide bonds. The van der Waals surface area contributed by atoms with Crippen LogP contribution in [0.15, 0.2) is 206 Å². The van der Waals surface area contributed by atoms with Crippen LogP contribution >= 0.6 is 0 Å². The van der Waals surface area contributed by atoms with Crippen LogP contribution in [0.2, 0.25) is 0 Å². The fourth-order valence-electron chi connectivity index (χ4n) is 8.30. The zero-order valence-electron chi connectivity index (χ0n) is 28.4. The van der Waals surface area contributed by atoms with Gasteiger partial charge in [-0.25, -0.2) is 0 Å². The average molecular weight is 683 g/mol. The third-order valence-electron chi connectivity index (χ3n) is 10.5. The van der Waals surface area contributed by atoms with Crippen LogP contribution in [0.4, 0.5) is 17.1 Å². The molecule has 0 saturated carbocycles. The Morgan fingerprint density at radius 1 is 0.346 bits per heavy atom. The Bertz CT molecular complexity index is 2580. The van der Waals surface area contributed by atoms with Crippen molar-refractivity contribution in [1.82, 2.24) is 4.57 Å². The highest BCUT2D eigenvalue weighted by Gasteiger charge is 2.41. The van der Waals surface area contributed by atoms with E-state index < -0.39 is 8.07 Å². The van der Waals surface area contributed by atoms with E-state index in [2.05, 4.69) is 191 Å². The number of hydrogen-bond donors (Lipinski definition) is 0. The van der Waals surface area contributed by atoms with Crippen molar-refractivity contribution in [2.45, 2.75) is 0 Å². The van der Waals surface area contributed by atoms with E-state index in [1.807, 2.05) is 24.3 Å². The molecular weight excluding hydrogens is 649 g/mol. The van der Waals surface area contributed by atoms with E-state index in [0.717, 1.165) is 34.2 Å². The predicted molar refractivity (Wildman–Crippen MR) is 219 cm³/mol. The molecule has 0 fully saturated rings. The molecule has 10 rings (SSSR count). The van der Waals surface area contributed by atoms with E-state index >= 15 is 0 Å². The number of fused-ring (bicyclic) bond motifs is 5. The Balaban J connectivity index is 1.21. The molecule has 8 aromatic carbocycles. The number of rotatable bonds is 6. The van der Waals surface area contributed by atoms with Gasteiger partial charge in [-0.2, -0.15) is 0 Å². The predicted octanol–water partition coefficient (Wildman–Crippen LogP) is 9.74. The average Bonchev–Trinajstić information content (AvgIpc) is 3.55. The Labute approximate surface area is 304 Å². The van der Waals surface area contributed by atoms with Gasteiger partial charge in [-0.15, -0.1) is 0 Å². The molecule has 52 heavy (non-hydrogen) atoms. The molecule has 0 atom stereocenters. The van der Waals surface area contributed by atoms with E-state index in [0.29, 0.717) is 0 Å². The molecule has 1 aliphatic rings. The molecule has 3 nitrogen and oxygen atoms in total. The summed E-state index contributed by atoms with van der Waals surface area (Å²) in [6, 6.07) is 74.9. The van der Waals surface area contributed by atoms with Crippen molar-refractivity contribution in [3.63, 3.8) is 0 Å². The van der Waals surface area contributed by atoms with Crippen molar-refractivity contribution in [2.24, 2.45) is 0 Å². The minimum Gasteiger partial charge on any atom is -0.453 e. The van der Waals surface area contributed by atoms with Gasteiger partial charge in [0.05, 0.1) is 22.4 Å². The number of benzene rings is 8. The molecule has 0 unspecified atom stereocenters. The fourth-order valence-corrected chi connectivity index (χ4v) is 13.1. The summed E-state index contributed by atoms with van der Waals surface area (Å²) in [5.41, 5.74) is 6.65. The normalized spacial score (nSPS) is 12.3. The highest BCUT2D eigenvalue weighted by Crippen LogP contribution is 2.50. The molecule has 0 spiro atoms. The molecule has 1 aliphatic heterocycles. The number of aromatic nitrogens is 1. The summed E-state index contributed by atoms with van der Waals surface area (Å²) in [6.07, 6.45) is 0. The second-order valence-corrected chi connectivity index (χ2v) is 17.1. The van der Waals surface area contributed by atoms with Crippen molar-refractivity contribution in [3.05, 3.63) is 206 Å². The van der Waals surface area contributed by atoms with Crippen molar-refractivity contribution in [3.8, 4) is 17.2 Å². The number of ether oxygens (including phenoxy) is 1. The maximum Gasteiger partial charge on any atom is 0.179 e. The van der Waals surface area contributed by atoms with Gasteiger partial charge in [0, 0.05) is 22.1 Å². The summed E-state index contributed by atoms with van der Waals surface area (Å²) in [4.78, 5) is 2.32. The van der Waals surface area contributed by atoms with Gasteiger partial charge in [-0.1, -0.05) is 146 Å². The minimum absolute atomic E-state index is 0.850. The molecular formula is C48H34N2OSi. The quantitative estimate of drug-likeness (QED) is 0.128. The number of para-hydroxylation sites is 5. The van der Waals surface area contributed by atoms with Gasteiger partial charge < -0.3 is 14.2 Å². The second kappa shape index (κ2) is 12.3. The first kappa shape index (κ1) is 30.2. The lowest BCUT2D eigenvalue weighted by molar-refractivity contribution is 0.477. The van der Waals surface area contributed by atoms with Gasteiger partial charge in [-0.3, -0.25) is 0 Å². The van der Waals surface area contributed by atoms with Gasteiger partial charge in [0.2, 0.25) is 0 Å². The lowest BCUT2D eigenvalue weighted by atomic mass is 10.1. The number of nitrogens with zero attached hydrogens (tertiary/aromatic N) is 2. The first-order chi connectivity index (χ1) is 25.8. The first-order valence-corrected chi connectivity index (χ1v) is 19.8. The Kier molecular flexibility index (Phi) is 7.15. The van der Waals surface area contributed by atoms with Crippen molar-refractivity contribution < 1.29 is 4.74 Å². The van der Waals surface area contributed by atoms with E-state index in [4.69, 9.17) is 4.74 Å². The van der Waals surface area contributed by atoms with Crippen LogP contribution in [-0.2, 0) is 0 Å². The Morgan fingerprint density at radius 2 is 0.846 bits per heavy atom. The van der Waals surface area contributed by atoms with Crippen LogP contribution in [0.25, 0.3) is 27.5 Å². The van der Waals surface area contributed by atoms with E-state index in [1.54, 1.807) is 0 Å². The SMILES string of the molecule is c1ccc([Si](c2ccccc2)(c2ccccc2)c2cccc(-n3c4ccccc4c4cc(N5c6ccccc6Oc6ccccc65)ccc43)c2)cc1. The van der Waals surface area contributed by atoms with Crippen LogP contribution in [0, 0.1) is 0 Å². The first-order valence-electron chi connectivity index (χ1n) is 17.8. The lowest BCUT2D eigenvalue weighted by Crippen LogP contribution is -2.74. The van der Waals surface area contributed by atoms with E-state index in [1.165, 1.54) is 42.6 Å².